The number of nitrogens with zero attached hydrogens (tertiary/aromatic N) is 4. The molecular weight excluding hydrogens is 430 g/mol. The normalized spacial score (nSPS) is 11.1. The molecule has 0 saturated heterocycles. The van der Waals surface area contributed by atoms with Crippen LogP contribution in [-0.2, 0) is 23.5 Å². The zero-order chi connectivity index (χ0) is 21.8. The quantitative estimate of drug-likeness (QED) is 0.373. The number of carbonyl (C=O) groups excluding carboxylic acids is 1. The summed E-state index contributed by atoms with van der Waals surface area (Å²) in [5, 5.41) is 15.3. The second-order valence-corrected chi connectivity index (χ2v) is 8.94. The highest BCUT2D eigenvalue weighted by molar-refractivity contribution is 7.98. The van der Waals surface area contributed by atoms with Crippen molar-refractivity contribution in [3.05, 3.63) is 64.0 Å². The Bertz CT molecular complexity index is 1180. The average molecular weight is 454 g/mol. The van der Waals surface area contributed by atoms with Gasteiger partial charge in [-0.3, -0.25) is 4.79 Å². The summed E-state index contributed by atoms with van der Waals surface area (Å²) < 4.78 is 7.48. The van der Waals surface area contributed by atoms with Gasteiger partial charge in [0.1, 0.15) is 10.8 Å². The van der Waals surface area contributed by atoms with Crippen LogP contribution < -0.4 is 5.32 Å². The molecule has 160 valence electrons. The first-order chi connectivity index (χ1) is 15.0. The summed E-state index contributed by atoms with van der Waals surface area (Å²) in [5.41, 5.74) is 3.84. The minimum atomic E-state index is -0.0664. The van der Waals surface area contributed by atoms with Gasteiger partial charge in [-0.2, -0.15) is 0 Å². The molecule has 7 nitrogen and oxygen atoms in total. The Morgan fingerprint density at radius 1 is 1.19 bits per heavy atom. The summed E-state index contributed by atoms with van der Waals surface area (Å²) >= 11 is 3.09. The minimum Gasteiger partial charge on any atom is -0.469 e. The number of hydrogen-bond donors (Lipinski definition) is 1. The van der Waals surface area contributed by atoms with Gasteiger partial charge >= 0.3 is 0 Å². The van der Waals surface area contributed by atoms with Crippen molar-refractivity contribution in [3.63, 3.8) is 0 Å². The minimum absolute atomic E-state index is 0.0664. The van der Waals surface area contributed by atoms with Crippen molar-refractivity contribution in [1.82, 2.24) is 19.7 Å². The molecule has 0 aliphatic heterocycles. The molecule has 3 aromatic heterocycles. The summed E-state index contributed by atoms with van der Waals surface area (Å²) in [7, 11) is 0. The van der Waals surface area contributed by atoms with E-state index >= 15 is 0 Å². The third-order valence-corrected chi connectivity index (χ3v) is 6.63. The number of aryl methyl sites for hydroxylation is 2. The molecule has 4 aromatic rings. The van der Waals surface area contributed by atoms with E-state index in [1.165, 1.54) is 11.3 Å². The van der Waals surface area contributed by atoms with Crippen LogP contribution in [0, 0.1) is 13.8 Å². The van der Waals surface area contributed by atoms with Gasteiger partial charge in [0.15, 0.2) is 11.0 Å². The summed E-state index contributed by atoms with van der Waals surface area (Å²) in [6, 6.07) is 9.67. The second kappa shape index (κ2) is 9.49. The maximum atomic E-state index is 12.3. The van der Waals surface area contributed by atoms with Gasteiger partial charge in [-0.15, -0.1) is 21.5 Å². The molecule has 1 aromatic carbocycles. The van der Waals surface area contributed by atoms with Crippen LogP contribution in [-0.4, -0.2) is 25.7 Å². The molecular formula is C22H23N5O2S2. The molecule has 9 heteroatoms. The van der Waals surface area contributed by atoms with Gasteiger partial charge in [-0.25, -0.2) is 4.98 Å². The van der Waals surface area contributed by atoms with E-state index in [-0.39, 0.29) is 12.3 Å². The van der Waals surface area contributed by atoms with E-state index in [2.05, 4.69) is 32.0 Å². The van der Waals surface area contributed by atoms with Crippen LogP contribution in [0.1, 0.15) is 28.9 Å². The largest absolute Gasteiger partial charge is 0.469 e. The molecule has 0 saturated carbocycles. The van der Waals surface area contributed by atoms with Crippen molar-refractivity contribution >= 4 is 34.7 Å². The number of rotatable bonds is 8. The van der Waals surface area contributed by atoms with E-state index in [0.29, 0.717) is 5.75 Å². The summed E-state index contributed by atoms with van der Waals surface area (Å²) in [6.07, 6.45) is 1.93. The van der Waals surface area contributed by atoms with Gasteiger partial charge < -0.3 is 14.3 Å². The van der Waals surface area contributed by atoms with Gasteiger partial charge in [0.2, 0.25) is 5.91 Å². The van der Waals surface area contributed by atoms with Crippen molar-refractivity contribution in [2.75, 3.05) is 5.32 Å². The van der Waals surface area contributed by atoms with Crippen LogP contribution in [0.3, 0.4) is 0 Å². The molecule has 0 atom stereocenters. The smallest absolute Gasteiger partial charge is 0.231 e. The third-order valence-electron chi connectivity index (χ3n) is 4.73. The highest BCUT2D eigenvalue weighted by Gasteiger charge is 2.17. The van der Waals surface area contributed by atoms with E-state index in [1.807, 2.05) is 49.6 Å². The number of nitrogens with one attached hydrogen (secondary N) is 1. The Morgan fingerprint density at radius 3 is 2.71 bits per heavy atom. The Hall–Kier alpha value is -2.91. The molecule has 0 bridgehead atoms. The lowest BCUT2D eigenvalue weighted by molar-refractivity contribution is -0.115. The SMILES string of the molecule is CCn1c(SCc2csc(CC(=O)Nc3ccc(C)cc3)n2)nnc1-c1ccoc1C. The Labute approximate surface area is 188 Å². The lowest BCUT2D eigenvalue weighted by Crippen LogP contribution is -2.14. The predicted octanol–water partition coefficient (Wildman–Crippen LogP) is 5.10. The van der Waals surface area contributed by atoms with Crippen LogP contribution in [0.25, 0.3) is 11.4 Å². The van der Waals surface area contributed by atoms with E-state index in [9.17, 15) is 4.79 Å². The predicted molar refractivity (Wildman–Crippen MR) is 123 cm³/mol. The number of thiazole rings is 1. The van der Waals surface area contributed by atoms with Crippen LogP contribution in [0.2, 0.25) is 0 Å². The number of benzene rings is 1. The van der Waals surface area contributed by atoms with Crippen LogP contribution >= 0.6 is 23.1 Å². The highest BCUT2D eigenvalue weighted by atomic mass is 32.2. The van der Waals surface area contributed by atoms with Gasteiger partial charge in [0.05, 0.1) is 23.9 Å². The maximum Gasteiger partial charge on any atom is 0.231 e. The summed E-state index contributed by atoms with van der Waals surface area (Å²) in [5.74, 6) is 2.23. The number of carbonyl (C=O) groups is 1. The Morgan fingerprint density at radius 2 is 2.00 bits per heavy atom. The van der Waals surface area contributed by atoms with Gasteiger partial charge in [-0.1, -0.05) is 29.5 Å². The van der Waals surface area contributed by atoms with Crippen LogP contribution in [0.15, 0.2) is 51.5 Å². The molecule has 0 radical (unpaired) electrons. The molecule has 1 N–H and O–H groups in total. The van der Waals surface area contributed by atoms with Crippen molar-refractivity contribution in [2.45, 2.75) is 44.6 Å². The fourth-order valence-electron chi connectivity index (χ4n) is 3.11. The van der Waals surface area contributed by atoms with Crippen LogP contribution in [0.5, 0.6) is 0 Å². The summed E-state index contributed by atoms with van der Waals surface area (Å²) in [6.45, 7) is 6.77. The molecule has 0 spiro atoms. The van der Waals surface area contributed by atoms with E-state index in [0.717, 1.165) is 50.8 Å². The van der Waals surface area contributed by atoms with Crippen molar-refractivity contribution in [2.24, 2.45) is 0 Å². The van der Waals surface area contributed by atoms with Gasteiger partial charge in [-0.05, 0) is 39.0 Å². The van der Waals surface area contributed by atoms with E-state index in [4.69, 9.17) is 4.42 Å². The Balaban J connectivity index is 1.36. The van der Waals surface area contributed by atoms with Crippen LogP contribution in [0.4, 0.5) is 5.69 Å². The maximum absolute atomic E-state index is 12.3. The molecule has 31 heavy (non-hydrogen) atoms. The number of anilines is 1. The van der Waals surface area contributed by atoms with E-state index < -0.39 is 0 Å². The molecule has 0 fully saturated rings. The number of aromatic nitrogens is 4. The third kappa shape index (κ3) is 5.05. The van der Waals surface area contributed by atoms with E-state index in [1.54, 1.807) is 18.0 Å². The molecule has 3 heterocycles. The first-order valence-electron chi connectivity index (χ1n) is 9.93. The zero-order valence-corrected chi connectivity index (χ0v) is 19.2. The second-order valence-electron chi connectivity index (χ2n) is 7.05. The fraction of sp³-hybridized carbons (Fsp3) is 0.273. The number of amides is 1. The fourth-order valence-corrected chi connectivity index (χ4v) is 4.90. The lowest BCUT2D eigenvalue weighted by atomic mass is 10.2. The zero-order valence-electron chi connectivity index (χ0n) is 17.6. The van der Waals surface area contributed by atoms with Gasteiger partial charge in [0, 0.05) is 23.4 Å². The van der Waals surface area contributed by atoms with Crippen molar-refractivity contribution < 1.29 is 9.21 Å². The molecule has 1 amide bonds. The number of furan rings is 1. The molecule has 0 aliphatic carbocycles. The van der Waals surface area contributed by atoms with Crippen molar-refractivity contribution in [3.8, 4) is 11.4 Å². The first-order valence-corrected chi connectivity index (χ1v) is 11.8. The highest BCUT2D eigenvalue weighted by Crippen LogP contribution is 2.29. The monoisotopic (exact) mass is 453 g/mol. The first kappa shape index (κ1) is 21.3. The molecule has 4 rings (SSSR count). The van der Waals surface area contributed by atoms with Gasteiger partial charge in [0.25, 0.3) is 0 Å². The molecule has 0 aliphatic rings. The lowest BCUT2D eigenvalue weighted by Gasteiger charge is -2.06. The topological polar surface area (TPSA) is 85.8 Å². The standard InChI is InChI=1S/C22H23N5O2S2/c1-4-27-21(18-9-10-29-15(18)3)25-26-22(27)31-13-17-12-30-20(24-17)11-19(28)23-16-7-5-14(2)6-8-16/h5-10,12H,4,11,13H2,1-3H3,(H,23,28). The number of thioether (sulfide) groups is 1. The molecule has 0 unspecified atom stereocenters. The summed E-state index contributed by atoms with van der Waals surface area (Å²) in [4.78, 5) is 16.9. The van der Waals surface area contributed by atoms with Crippen molar-refractivity contribution in [1.29, 1.82) is 0 Å². The Kier molecular flexibility index (Phi) is 6.53. The average Bonchev–Trinajstić information content (AvgIpc) is 3.47. The number of hydrogen-bond acceptors (Lipinski definition) is 7.